The Morgan fingerprint density at radius 2 is 2.12 bits per heavy atom. The molecule has 0 saturated carbocycles. The Morgan fingerprint density at radius 3 is 2.76 bits per heavy atom. The molecule has 3 heterocycles. The van der Waals surface area contributed by atoms with Gasteiger partial charge in [0.2, 0.25) is 12.1 Å². The highest BCUT2D eigenvalue weighted by Gasteiger charge is 2.36. The Kier molecular flexibility index (Phi) is 6.03. The van der Waals surface area contributed by atoms with E-state index in [9.17, 15) is 17.4 Å². The summed E-state index contributed by atoms with van der Waals surface area (Å²) in [7, 11) is -3.07. The molecule has 1 fully saturated rings. The van der Waals surface area contributed by atoms with Crippen molar-refractivity contribution in [1.82, 2.24) is 20.3 Å². The fourth-order valence-corrected chi connectivity index (χ4v) is 5.19. The molecule has 3 aromatic rings. The van der Waals surface area contributed by atoms with E-state index in [0.29, 0.717) is 17.4 Å². The van der Waals surface area contributed by atoms with Gasteiger partial charge in [-0.25, -0.2) is 14.2 Å². The Balaban J connectivity index is 1.80. The molecule has 0 spiro atoms. The third-order valence-corrected chi connectivity index (χ3v) is 7.51. The molecule has 1 unspecified atom stereocenters. The highest BCUT2D eigenvalue weighted by Crippen LogP contribution is 2.39. The lowest BCUT2D eigenvalue weighted by Crippen LogP contribution is -2.50. The zero-order chi connectivity index (χ0) is 24.7. The number of H-pyrrole nitrogens is 1. The van der Waals surface area contributed by atoms with Crippen LogP contribution in [0.25, 0.3) is 22.2 Å². The van der Waals surface area contributed by atoms with Crippen molar-refractivity contribution in [2.45, 2.75) is 49.3 Å². The molecule has 0 amide bonds. The number of aromatic amines is 1. The number of nitrogens with one attached hydrogen (secondary N) is 3. The van der Waals surface area contributed by atoms with Gasteiger partial charge in [0.15, 0.2) is 0 Å². The van der Waals surface area contributed by atoms with Crippen molar-refractivity contribution < 1.29 is 17.4 Å². The standard InChI is InChI=1S/C22H24F3N7OS/c1-21(2)8-7-13(9-29-21)31-20-28-11-16(22(23,24)25)18(32-20)15-10-27-19-14(15)5-4-6-17(19)34(3,33)30-12-26/h4-6,10-11,13,27,29H,7-9H2,1-3H3,(H,28,31,32)/t13-,34?/m0/s1. The highest BCUT2D eigenvalue weighted by atomic mass is 32.2. The summed E-state index contributed by atoms with van der Waals surface area (Å²) in [6.07, 6.45) is 2.06. The molecule has 180 valence electrons. The predicted octanol–water partition coefficient (Wildman–Crippen LogP) is 4.52. The van der Waals surface area contributed by atoms with Gasteiger partial charge in [-0.2, -0.15) is 18.4 Å². The molecule has 1 aliphatic rings. The normalized spacial score (nSPS) is 19.9. The monoisotopic (exact) mass is 491 g/mol. The molecule has 2 aromatic heterocycles. The minimum Gasteiger partial charge on any atom is -0.359 e. The number of nitriles is 1. The van der Waals surface area contributed by atoms with E-state index in [1.807, 2.05) is 0 Å². The van der Waals surface area contributed by atoms with Crippen LogP contribution >= 0.6 is 0 Å². The second-order valence-corrected chi connectivity index (χ2v) is 11.2. The number of piperidine rings is 1. The van der Waals surface area contributed by atoms with Crippen LogP contribution in [-0.2, 0) is 15.9 Å². The van der Waals surface area contributed by atoms with Gasteiger partial charge >= 0.3 is 6.18 Å². The van der Waals surface area contributed by atoms with Gasteiger partial charge < -0.3 is 15.6 Å². The van der Waals surface area contributed by atoms with Crippen LogP contribution in [0.5, 0.6) is 0 Å². The lowest BCUT2D eigenvalue weighted by Gasteiger charge is -2.36. The molecular weight excluding hydrogens is 467 g/mol. The maximum absolute atomic E-state index is 13.9. The lowest BCUT2D eigenvalue weighted by atomic mass is 9.91. The number of hydrogen-bond acceptors (Lipinski definition) is 7. The van der Waals surface area contributed by atoms with Gasteiger partial charge in [-0.1, -0.05) is 12.1 Å². The Hall–Kier alpha value is -3.17. The highest BCUT2D eigenvalue weighted by molar-refractivity contribution is 7.93. The maximum atomic E-state index is 13.9. The average Bonchev–Trinajstić information content (AvgIpc) is 3.18. The third kappa shape index (κ3) is 4.71. The first-order valence-corrected chi connectivity index (χ1v) is 12.5. The van der Waals surface area contributed by atoms with Crippen molar-refractivity contribution >= 4 is 26.6 Å². The molecule has 2 atom stereocenters. The Labute approximate surface area is 195 Å². The van der Waals surface area contributed by atoms with Crippen molar-refractivity contribution in [2.24, 2.45) is 4.36 Å². The number of nitrogens with zero attached hydrogens (tertiary/aromatic N) is 4. The van der Waals surface area contributed by atoms with E-state index in [2.05, 4.69) is 43.8 Å². The summed E-state index contributed by atoms with van der Waals surface area (Å²) in [5.74, 6) is 0.0961. The number of rotatable bonds is 4. The van der Waals surface area contributed by atoms with Crippen LogP contribution in [-0.4, -0.2) is 43.5 Å². The van der Waals surface area contributed by atoms with Crippen molar-refractivity contribution in [2.75, 3.05) is 18.1 Å². The predicted molar refractivity (Wildman–Crippen MR) is 123 cm³/mol. The van der Waals surface area contributed by atoms with Gasteiger partial charge in [0.1, 0.15) is 5.56 Å². The number of alkyl halides is 3. The number of para-hydroxylation sites is 1. The Morgan fingerprint density at radius 1 is 1.35 bits per heavy atom. The topological polar surface area (TPSA) is 119 Å². The zero-order valence-electron chi connectivity index (χ0n) is 18.8. The number of benzene rings is 1. The smallest absolute Gasteiger partial charge is 0.359 e. The molecule has 34 heavy (non-hydrogen) atoms. The molecule has 1 saturated heterocycles. The third-order valence-electron chi connectivity index (χ3n) is 5.93. The van der Waals surface area contributed by atoms with E-state index in [0.717, 1.165) is 19.0 Å². The van der Waals surface area contributed by atoms with Crippen molar-refractivity contribution in [3.63, 3.8) is 0 Å². The average molecular weight is 492 g/mol. The van der Waals surface area contributed by atoms with Gasteiger partial charge in [0.05, 0.1) is 25.8 Å². The maximum Gasteiger partial charge on any atom is 0.419 e. The van der Waals surface area contributed by atoms with Crippen LogP contribution in [0, 0.1) is 11.5 Å². The summed E-state index contributed by atoms with van der Waals surface area (Å²) < 4.78 is 58.0. The molecule has 8 nitrogen and oxygen atoms in total. The largest absolute Gasteiger partial charge is 0.419 e. The summed E-state index contributed by atoms with van der Waals surface area (Å²) in [5.41, 5.74) is -0.751. The Bertz CT molecular complexity index is 1390. The molecule has 0 aliphatic carbocycles. The minimum absolute atomic E-state index is 0.00195. The number of halogens is 3. The summed E-state index contributed by atoms with van der Waals surface area (Å²) in [6.45, 7) is 4.83. The van der Waals surface area contributed by atoms with Crippen LogP contribution in [0.4, 0.5) is 19.1 Å². The van der Waals surface area contributed by atoms with Crippen molar-refractivity contribution in [1.29, 1.82) is 5.26 Å². The quantitative estimate of drug-likeness (QED) is 0.462. The molecule has 1 aliphatic heterocycles. The molecule has 12 heteroatoms. The lowest BCUT2D eigenvalue weighted by molar-refractivity contribution is -0.137. The summed E-state index contributed by atoms with van der Waals surface area (Å²) in [4.78, 5) is 11.3. The fraction of sp³-hybridized carbons (Fsp3) is 0.409. The van der Waals surface area contributed by atoms with Crippen LogP contribution in [0.15, 0.2) is 39.9 Å². The van der Waals surface area contributed by atoms with Crippen LogP contribution in [0.2, 0.25) is 0 Å². The van der Waals surface area contributed by atoms with Gasteiger partial charge in [-0.05, 0) is 32.8 Å². The molecular formula is C22H24F3N7OS. The summed E-state index contributed by atoms with van der Waals surface area (Å²) >= 11 is 0. The first-order valence-electron chi connectivity index (χ1n) is 10.6. The summed E-state index contributed by atoms with van der Waals surface area (Å²) in [5, 5.41) is 15.8. The van der Waals surface area contributed by atoms with E-state index in [1.54, 1.807) is 18.3 Å². The van der Waals surface area contributed by atoms with E-state index in [-0.39, 0.29) is 33.7 Å². The fourth-order valence-electron chi connectivity index (χ4n) is 4.06. The van der Waals surface area contributed by atoms with Crippen molar-refractivity contribution in [3.05, 3.63) is 36.2 Å². The van der Waals surface area contributed by atoms with E-state index in [1.165, 1.54) is 18.5 Å². The number of hydrogen-bond donors (Lipinski definition) is 3. The summed E-state index contributed by atoms with van der Waals surface area (Å²) in [6, 6.07) is 4.68. The first kappa shape index (κ1) is 24.0. The second kappa shape index (κ2) is 8.56. The number of anilines is 1. The van der Waals surface area contributed by atoms with Crippen LogP contribution in [0.1, 0.15) is 32.3 Å². The number of fused-ring (bicyclic) bond motifs is 1. The SMILES string of the molecule is CC1(C)CC[C@H](Nc2ncc(C(F)(F)F)c(-c3c[nH]c4c(S(C)(=O)=NC#N)cccc34)n2)CN1. The molecule has 3 N–H and O–H groups in total. The van der Waals surface area contributed by atoms with Crippen LogP contribution < -0.4 is 10.6 Å². The molecule has 0 radical (unpaired) electrons. The van der Waals surface area contributed by atoms with E-state index >= 15 is 0 Å². The molecule has 1 aromatic carbocycles. The second-order valence-electron chi connectivity index (χ2n) is 8.97. The first-order chi connectivity index (χ1) is 15.9. The van der Waals surface area contributed by atoms with Crippen LogP contribution in [0.3, 0.4) is 0 Å². The van der Waals surface area contributed by atoms with Crippen molar-refractivity contribution in [3.8, 4) is 17.5 Å². The van der Waals surface area contributed by atoms with Gasteiger partial charge in [0, 0.05) is 47.7 Å². The van der Waals surface area contributed by atoms with Gasteiger partial charge in [-0.15, -0.1) is 4.36 Å². The minimum atomic E-state index is -4.68. The van der Waals surface area contributed by atoms with E-state index < -0.39 is 21.5 Å². The zero-order valence-corrected chi connectivity index (χ0v) is 19.6. The number of aromatic nitrogens is 3. The molecule has 4 rings (SSSR count). The van der Waals surface area contributed by atoms with Gasteiger partial charge in [-0.3, -0.25) is 0 Å². The van der Waals surface area contributed by atoms with Gasteiger partial charge in [0.25, 0.3) is 0 Å². The molecule has 0 bridgehead atoms. The van der Waals surface area contributed by atoms with E-state index in [4.69, 9.17) is 5.26 Å².